The predicted octanol–water partition coefficient (Wildman–Crippen LogP) is 4.12. The molecule has 0 heterocycles. The van der Waals surface area contributed by atoms with Crippen molar-refractivity contribution in [2.75, 3.05) is 19.8 Å². The molecule has 0 bridgehead atoms. The Morgan fingerprint density at radius 2 is 1.80 bits per heavy atom. The lowest BCUT2D eigenvalue weighted by Crippen LogP contribution is -2.33. The summed E-state index contributed by atoms with van der Waals surface area (Å²) in [7, 11) is 0. The molecule has 2 nitrogen and oxygen atoms in total. The standard InChI is InChI=1S/C18H29NO/c1-2-14-20-15-6-13-19-18-11-9-17(10-12-18)16-7-4-3-5-8-16/h3-5,7-8,17-19H,2,6,9-15H2,1H3. The maximum Gasteiger partial charge on any atom is 0.0478 e. The highest BCUT2D eigenvalue weighted by molar-refractivity contribution is 5.20. The van der Waals surface area contributed by atoms with Crippen molar-refractivity contribution in [3.05, 3.63) is 35.9 Å². The zero-order chi connectivity index (χ0) is 14.0. The van der Waals surface area contributed by atoms with E-state index in [2.05, 4.69) is 42.6 Å². The second kappa shape index (κ2) is 9.15. The Balaban J connectivity index is 1.58. The molecule has 1 saturated carbocycles. The van der Waals surface area contributed by atoms with Crippen LogP contribution in [0.25, 0.3) is 0 Å². The van der Waals surface area contributed by atoms with Gasteiger partial charge in [-0.25, -0.2) is 0 Å². The zero-order valence-corrected chi connectivity index (χ0v) is 12.8. The van der Waals surface area contributed by atoms with Crippen molar-refractivity contribution < 1.29 is 4.74 Å². The van der Waals surface area contributed by atoms with Crippen molar-refractivity contribution in [3.63, 3.8) is 0 Å². The van der Waals surface area contributed by atoms with E-state index in [0.29, 0.717) is 0 Å². The molecule has 2 rings (SSSR count). The monoisotopic (exact) mass is 275 g/mol. The van der Waals surface area contributed by atoms with Crippen molar-refractivity contribution >= 4 is 0 Å². The lowest BCUT2D eigenvalue weighted by atomic mass is 9.82. The highest BCUT2D eigenvalue weighted by atomic mass is 16.5. The van der Waals surface area contributed by atoms with Gasteiger partial charge in [-0.05, 0) is 56.6 Å². The summed E-state index contributed by atoms with van der Waals surface area (Å²) in [5.41, 5.74) is 1.53. The van der Waals surface area contributed by atoms with E-state index >= 15 is 0 Å². The molecule has 1 aliphatic rings. The van der Waals surface area contributed by atoms with Crippen LogP contribution in [0.3, 0.4) is 0 Å². The van der Waals surface area contributed by atoms with Crippen LogP contribution in [0.5, 0.6) is 0 Å². The summed E-state index contributed by atoms with van der Waals surface area (Å²) in [4.78, 5) is 0. The first-order valence-electron chi connectivity index (χ1n) is 8.26. The van der Waals surface area contributed by atoms with Crippen molar-refractivity contribution in [2.45, 2.75) is 57.4 Å². The first kappa shape index (κ1) is 15.5. The molecule has 0 aliphatic heterocycles. The van der Waals surface area contributed by atoms with E-state index in [1.54, 1.807) is 0 Å². The van der Waals surface area contributed by atoms with Gasteiger partial charge in [-0.15, -0.1) is 0 Å². The van der Waals surface area contributed by atoms with Gasteiger partial charge in [0.2, 0.25) is 0 Å². The fourth-order valence-electron chi connectivity index (χ4n) is 3.08. The fraction of sp³-hybridized carbons (Fsp3) is 0.667. The van der Waals surface area contributed by atoms with Gasteiger partial charge in [-0.2, -0.15) is 0 Å². The maximum atomic E-state index is 5.51. The van der Waals surface area contributed by atoms with Gasteiger partial charge in [0.05, 0.1) is 0 Å². The lowest BCUT2D eigenvalue weighted by Gasteiger charge is -2.29. The first-order valence-corrected chi connectivity index (χ1v) is 8.26. The van der Waals surface area contributed by atoms with Gasteiger partial charge in [0, 0.05) is 19.3 Å². The van der Waals surface area contributed by atoms with Crippen molar-refractivity contribution in [1.29, 1.82) is 0 Å². The first-order chi connectivity index (χ1) is 9.90. The molecule has 0 saturated heterocycles. The summed E-state index contributed by atoms with van der Waals surface area (Å²) >= 11 is 0. The number of hydrogen-bond acceptors (Lipinski definition) is 2. The maximum absolute atomic E-state index is 5.51. The van der Waals surface area contributed by atoms with Gasteiger partial charge in [0.25, 0.3) is 0 Å². The van der Waals surface area contributed by atoms with E-state index in [4.69, 9.17) is 4.74 Å². The highest BCUT2D eigenvalue weighted by Gasteiger charge is 2.21. The molecule has 0 aromatic heterocycles. The van der Waals surface area contributed by atoms with Crippen LogP contribution < -0.4 is 5.32 Å². The zero-order valence-electron chi connectivity index (χ0n) is 12.8. The molecule has 1 fully saturated rings. The molecule has 0 atom stereocenters. The summed E-state index contributed by atoms with van der Waals surface area (Å²) in [6.45, 7) is 5.07. The van der Waals surface area contributed by atoms with Crippen LogP contribution in [0.2, 0.25) is 0 Å². The van der Waals surface area contributed by atoms with Gasteiger partial charge in [-0.3, -0.25) is 0 Å². The third kappa shape index (κ3) is 5.26. The SMILES string of the molecule is CCCOCCCNC1CCC(c2ccccc2)CC1. The molecule has 0 spiro atoms. The second-order valence-corrected chi connectivity index (χ2v) is 5.88. The van der Waals surface area contributed by atoms with E-state index in [-0.39, 0.29) is 0 Å². The van der Waals surface area contributed by atoms with Crippen LogP contribution in [0.4, 0.5) is 0 Å². The predicted molar refractivity (Wildman–Crippen MR) is 85.2 cm³/mol. The van der Waals surface area contributed by atoms with Crippen molar-refractivity contribution in [3.8, 4) is 0 Å². The number of rotatable bonds is 8. The smallest absolute Gasteiger partial charge is 0.0478 e. The summed E-state index contributed by atoms with van der Waals surface area (Å²) in [5, 5.41) is 3.69. The average Bonchev–Trinajstić information content (AvgIpc) is 2.52. The topological polar surface area (TPSA) is 21.3 Å². The molecular weight excluding hydrogens is 246 g/mol. The molecule has 0 radical (unpaired) electrons. The Hall–Kier alpha value is -0.860. The number of hydrogen-bond donors (Lipinski definition) is 1. The minimum Gasteiger partial charge on any atom is -0.381 e. The summed E-state index contributed by atoms with van der Waals surface area (Å²) in [6.07, 6.45) is 7.54. The van der Waals surface area contributed by atoms with Crippen LogP contribution in [-0.4, -0.2) is 25.8 Å². The minimum absolute atomic E-state index is 0.723. The number of benzene rings is 1. The fourth-order valence-corrected chi connectivity index (χ4v) is 3.08. The Kier molecular flexibility index (Phi) is 7.10. The van der Waals surface area contributed by atoms with Gasteiger partial charge in [-0.1, -0.05) is 37.3 Å². The molecule has 1 aromatic carbocycles. The number of ether oxygens (including phenoxy) is 1. The molecule has 0 amide bonds. The van der Waals surface area contributed by atoms with E-state index in [1.165, 1.54) is 31.2 Å². The molecule has 1 aliphatic carbocycles. The second-order valence-electron chi connectivity index (χ2n) is 5.88. The van der Waals surface area contributed by atoms with Crippen molar-refractivity contribution in [2.24, 2.45) is 0 Å². The summed E-state index contributed by atoms with van der Waals surface area (Å²) < 4.78 is 5.51. The molecule has 2 heteroatoms. The Morgan fingerprint density at radius 1 is 1.05 bits per heavy atom. The van der Waals surface area contributed by atoms with E-state index < -0.39 is 0 Å². The molecular formula is C18H29NO. The van der Waals surface area contributed by atoms with Crippen LogP contribution in [0.15, 0.2) is 30.3 Å². The molecule has 0 unspecified atom stereocenters. The third-order valence-electron chi connectivity index (χ3n) is 4.25. The molecule has 112 valence electrons. The normalized spacial score (nSPS) is 22.9. The van der Waals surface area contributed by atoms with Crippen LogP contribution in [-0.2, 0) is 4.74 Å². The van der Waals surface area contributed by atoms with Gasteiger partial charge in [0.15, 0.2) is 0 Å². The minimum atomic E-state index is 0.723. The van der Waals surface area contributed by atoms with Gasteiger partial charge >= 0.3 is 0 Å². The van der Waals surface area contributed by atoms with Crippen LogP contribution >= 0.6 is 0 Å². The lowest BCUT2D eigenvalue weighted by molar-refractivity contribution is 0.131. The molecule has 1 aromatic rings. The largest absolute Gasteiger partial charge is 0.381 e. The quantitative estimate of drug-likeness (QED) is 0.721. The van der Waals surface area contributed by atoms with Crippen molar-refractivity contribution in [1.82, 2.24) is 5.32 Å². The van der Waals surface area contributed by atoms with Crippen LogP contribution in [0, 0.1) is 0 Å². The van der Waals surface area contributed by atoms with Gasteiger partial charge in [0.1, 0.15) is 0 Å². The highest BCUT2D eigenvalue weighted by Crippen LogP contribution is 2.32. The molecule has 1 N–H and O–H groups in total. The molecule has 20 heavy (non-hydrogen) atoms. The van der Waals surface area contributed by atoms with Gasteiger partial charge < -0.3 is 10.1 Å². The third-order valence-corrected chi connectivity index (χ3v) is 4.25. The summed E-state index contributed by atoms with van der Waals surface area (Å²) in [5.74, 6) is 0.780. The summed E-state index contributed by atoms with van der Waals surface area (Å²) in [6, 6.07) is 11.7. The van der Waals surface area contributed by atoms with E-state index in [9.17, 15) is 0 Å². The average molecular weight is 275 g/mol. The number of nitrogens with one attached hydrogen (secondary N) is 1. The van der Waals surface area contributed by atoms with E-state index in [0.717, 1.165) is 44.6 Å². The van der Waals surface area contributed by atoms with Crippen LogP contribution in [0.1, 0.15) is 56.9 Å². The Morgan fingerprint density at radius 3 is 2.50 bits per heavy atom. The Bertz CT molecular complexity index is 344. The Labute approximate surface area is 123 Å². The van der Waals surface area contributed by atoms with E-state index in [1.807, 2.05) is 0 Å².